The second kappa shape index (κ2) is 8.87. The molecule has 25 heavy (non-hydrogen) atoms. The summed E-state index contributed by atoms with van der Waals surface area (Å²) < 4.78 is 5.15. The molecule has 5 heteroatoms. The van der Waals surface area contributed by atoms with Gasteiger partial charge in [0.1, 0.15) is 5.75 Å². The zero-order chi connectivity index (χ0) is 18.2. The van der Waals surface area contributed by atoms with Crippen molar-refractivity contribution in [1.82, 2.24) is 5.32 Å². The summed E-state index contributed by atoms with van der Waals surface area (Å²) in [6.07, 6.45) is 0.747. The Hall–Kier alpha value is -2.82. The molecule has 0 heterocycles. The SMILES string of the molecule is C[C@H](OC(=O)c1cccc(O)c1)C(=O)N[C@@H](C)CCc1ccccc1. The van der Waals surface area contributed by atoms with Crippen molar-refractivity contribution in [3.63, 3.8) is 0 Å². The molecule has 2 atom stereocenters. The highest BCUT2D eigenvalue weighted by molar-refractivity contribution is 5.92. The summed E-state index contributed by atoms with van der Waals surface area (Å²) in [5, 5.41) is 12.2. The van der Waals surface area contributed by atoms with Crippen LogP contribution in [0.1, 0.15) is 36.2 Å². The number of hydrogen-bond donors (Lipinski definition) is 2. The van der Waals surface area contributed by atoms with Crippen LogP contribution in [-0.4, -0.2) is 29.1 Å². The van der Waals surface area contributed by atoms with Gasteiger partial charge in [0.25, 0.3) is 5.91 Å². The van der Waals surface area contributed by atoms with Crippen LogP contribution in [0.25, 0.3) is 0 Å². The Bertz CT molecular complexity index is 715. The van der Waals surface area contributed by atoms with Crippen molar-refractivity contribution in [2.75, 3.05) is 0 Å². The zero-order valence-corrected chi connectivity index (χ0v) is 14.4. The first kappa shape index (κ1) is 18.5. The smallest absolute Gasteiger partial charge is 0.339 e. The Morgan fingerprint density at radius 2 is 1.80 bits per heavy atom. The van der Waals surface area contributed by atoms with E-state index in [1.165, 1.54) is 30.7 Å². The molecule has 2 aromatic carbocycles. The van der Waals surface area contributed by atoms with Crippen LogP contribution >= 0.6 is 0 Å². The first-order chi connectivity index (χ1) is 12.0. The average molecular weight is 341 g/mol. The first-order valence-corrected chi connectivity index (χ1v) is 8.30. The number of benzene rings is 2. The fraction of sp³-hybridized carbons (Fsp3) is 0.300. The molecule has 0 aliphatic rings. The van der Waals surface area contributed by atoms with Gasteiger partial charge in [-0.25, -0.2) is 4.79 Å². The van der Waals surface area contributed by atoms with Crippen molar-refractivity contribution in [3.05, 3.63) is 65.7 Å². The fourth-order valence-corrected chi connectivity index (χ4v) is 2.38. The maximum Gasteiger partial charge on any atom is 0.339 e. The van der Waals surface area contributed by atoms with Gasteiger partial charge in [-0.05, 0) is 50.5 Å². The molecule has 132 valence electrons. The van der Waals surface area contributed by atoms with Crippen LogP contribution in [0.3, 0.4) is 0 Å². The molecule has 2 N–H and O–H groups in total. The third kappa shape index (κ3) is 5.95. The van der Waals surface area contributed by atoms with E-state index in [2.05, 4.69) is 5.32 Å². The fourth-order valence-electron chi connectivity index (χ4n) is 2.38. The van der Waals surface area contributed by atoms with Gasteiger partial charge in [-0.3, -0.25) is 4.79 Å². The van der Waals surface area contributed by atoms with E-state index < -0.39 is 12.1 Å². The van der Waals surface area contributed by atoms with Crippen molar-refractivity contribution in [2.24, 2.45) is 0 Å². The number of esters is 1. The van der Waals surface area contributed by atoms with Crippen LogP contribution in [0.15, 0.2) is 54.6 Å². The highest BCUT2D eigenvalue weighted by atomic mass is 16.5. The van der Waals surface area contributed by atoms with Gasteiger partial charge in [0.05, 0.1) is 5.56 Å². The summed E-state index contributed by atoms with van der Waals surface area (Å²) >= 11 is 0. The van der Waals surface area contributed by atoms with Crippen LogP contribution in [0.2, 0.25) is 0 Å². The minimum absolute atomic E-state index is 0.0268. The van der Waals surface area contributed by atoms with Crippen molar-refractivity contribution >= 4 is 11.9 Å². The first-order valence-electron chi connectivity index (χ1n) is 8.30. The molecule has 0 bridgehead atoms. The van der Waals surface area contributed by atoms with Gasteiger partial charge in [0, 0.05) is 6.04 Å². The molecular formula is C20H23NO4. The van der Waals surface area contributed by atoms with Crippen LogP contribution in [0, 0.1) is 0 Å². The summed E-state index contributed by atoms with van der Waals surface area (Å²) in [5.41, 5.74) is 1.42. The minimum atomic E-state index is -0.908. The lowest BCUT2D eigenvalue weighted by Crippen LogP contribution is -2.41. The van der Waals surface area contributed by atoms with Crippen molar-refractivity contribution in [1.29, 1.82) is 0 Å². The molecule has 0 spiro atoms. The normalized spacial score (nSPS) is 12.9. The van der Waals surface area contributed by atoms with Crippen LogP contribution in [0.5, 0.6) is 5.75 Å². The van der Waals surface area contributed by atoms with Gasteiger partial charge in [0.15, 0.2) is 6.10 Å². The van der Waals surface area contributed by atoms with Crippen molar-refractivity contribution in [3.8, 4) is 5.75 Å². The average Bonchev–Trinajstić information content (AvgIpc) is 2.60. The van der Waals surface area contributed by atoms with Gasteiger partial charge in [-0.1, -0.05) is 36.4 Å². The largest absolute Gasteiger partial charge is 0.508 e. The number of rotatable bonds is 7. The van der Waals surface area contributed by atoms with Gasteiger partial charge < -0.3 is 15.2 Å². The van der Waals surface area contributed by atoms with Crippen LogP contribution in [-0.2, 0) is 16.0 Å². The Morgan fingerprint density at radius 1 is 1.08 bits per heavy atom. The molecule has 0 aliphatic carbocycles. The summed E-state index contributed by atoms with van der Waals surface area (Å²) in [6.45, 7) is 3.45. The second-order valence-corrected chi connectivity index (χ2v) is 6.03. The molecule has 0 unspecified atom stereocenters. The maximum atomic E-state index is 12.2. The highest BCUT2D eigenvalue weighted by Gasteiger charge is 2.20. The molecule has 2 aromatic rings. The molecule has 0 fully saturated rings. The zero-order valence-electron chi connectivity index (χ0n) is 14.4. The Kier molecular flexibility index (Phi) is 6.57. The lowest BCUT2D eigenvalue weighted by atomic mass is 10.1. The third-order valence-electron chi connectivity index (χ3n) is 3.83. The van der Waals surface area contributed by atoms with Crippen molar-refractivity contribution in [2.45, 2.75) is 38.8 Å². The molecule has 0 saturated carbocycles. The Labute approximate surface area is 147 Å². The quantitative estimate of drug-likeness (QED) is 0.759. The number of nitrogens with one attached hydrogen (secondary N) is 1. The number of phenols is 1. The monoisotopic (exact) mass is 341 g/mol. The summed E-state index contributed by atoms with van der Waals surface area (Å²) in [7, 11) is 0. The standard InChI is InChI=1S/C20H23NO4/c1-14(11-12-16-7-4-3-5-8-16)21-19(23)15(2)25-20(24)17-9-6-10-18(22)13-17/h3-10,13-15,22H,11-12H2,1-2H3,(H,21,23)/t14-,15-/m0/s1. The number of phenolic OH excluding ortho intramolecular Hbond substituents is 1. The van der Waals surface area contributed by atoms with E-state index in [9.17, 15) is 14.7 Å². The summed E-state index contributed by atoms with van der Waals surface area (Å²) in [4.78, 5) is 24.2. The number of hydrogen-bond acceptors (Lipinski definition) is 4. The van der Waals surface area contributed by atoms with Gasteiger partial charge in [-0.15, -0.1) is 0 Å². The van der Waals surface area contributed by atoms with Crippen LogP contribution in [0.4, 0.5) is 0 Å². The van der Waals surface area contributed by atoms with E-state index in [-0.39, 0.29) is 23.3 Å². The topological polar surface area (TPSA) is 75.6 Å². The number of carbonyl (C=O) groups excluding carboxylic acids is 2. The second-order valence-electron chi connectivity index (χ2n) is 6.03. The third-order valence-corrected chi connectivity index (χ3v) is 3.83. The highest BCUT2D eigenvalue weighted by Crippen LogP contribution is 2.13. The summed E-state index contributed by atoms with van der Waals surface area (Å²) in [6, 6.07) is 15.8. The molecule has 2 rings (SSSR count). The van der Waals surface area contributed by atoms with Crippen LogP contribution < -0.4 is 5.32 Å². The Balaban J connectivity index is 1.80. The van der Waals surface area contributed by atoms with E-state index in [0.717, 1.165) is 12.8 Å². The number of ether oxygens (including phenoxy) is 1. The molecular weight excluding hydrogens is 318 g/mol. The molecule has 0 radical (unpaired) electrons. The molecule has 0 aromatic heterocycles. The van der Waals surface area contributed by atoms with Gasteiger partial charge >= 0.3 is 5.97 Å². The molecule has 0 aliphatic heterocycles. The molecule has 5 nitrogen and oxygen atoms in total. The maximum absolute atomic E-state index is 12.2. The number of carbonyl (C=O) groups is 2. The number of aryl methyl sites for hydroxylation is 1. The lowest BCUT2D eigenvalue weighted by molar-refractivity contribution is -0.129. The van der Waals surface area contributed by atoms with E-state index in [4.69, 9.17) is 4.74 Å². The Morgan fingerprint density at radius 3 is 2.48 bits per heavy atom. The van der Waals surface area contributed by atoms with E-state index >= 15 is 0 Å². The summed E-state index contributed by atoms with van der Waals surface area (Å²) in [5.74, 6) is -1.01. The predicted octanol–water partition coefficient (Wildman–Crippen LogP) is 3.08. The van der Waals surface area contributed by atoms with Crippen molar-refractivity contribution < 1.29 is 19.4 Å². The predicted molar refractivity (Wildman–Crippen MR) is 95.4 cm³/mol. The minimum Gasteiger partial charge on any atom is -0.508 e. The number of amides is 1. The van der Waals surface area contributed by atoms with E-state index in [1.807, 2.05) is 37.3 Å². The van der Waals surface area contributed by atoms with E-state index in [0.29, 0.717) is 0 Å². The molecule has 0 saturated heterocycles. The molecule has 1 amide bonds. The van der Waals surface area contributed by atoms with E-state index in [1.54, 1.807) is 6.07 Å². The van der Waals surface area contributed by atoms with Gasteiger partial charge in [0.2, 0.25) is 0 Å². The number of aromatic hydroxyl groups is 1. The lowest BCUT2D eigenvalue weighted by Gasteiger charge is -2.18. The van der Waals surface area contributed by atoms with Gasteiger partial charge in [-0.2, -0.15) is 0 Å².